The Balaban J connectivity index is 1.61. The average Bonchev–Trinajstić information content (AvgIpc) is 2.62. The molecular formula is C19H24N4O2. The molecule has 1 aromatic carbocycles. The first kappa shape index (κ1) is 17.2. The fourth-order valence-electron chi connectivity index (χ4n) is 2.87. The van der Waals surface area contributed by atoms with Crippen LogP contribution in [0.4, 0.5) is 11.6 Å². The van der Waals surface area contributed by atoms with E-state index >= 15 is 0 Å². The van der Waals surface area contributed by atoms with Crippen LogP contribution in [0.25, 0.3) is 0 Å². The lowest BCUT2D eigenvalue weighted by molar-refractivity contribution is -0.118. The van der Waals surface area contributed by atoms with Gasteiger partial charge in [-0.05, 0) is 44.7 Å². The second-order valence-electron chi connectivity index (χ2n) is 6.35. The van der Waals surface area contributed by atoms with Crippen LogP contribution in [0.15, 0.2) is 30.3 Å². The number of amides is 1. The zero-order valence-electron chi connectivity index (χ0n) is 14.8. The van der Waals surface area contributed by atoms with Crippen molar-refractivity contribution in [2.75, 3.05) is 29.9 Å². The van der Waals surface area contributed by atoms with E-state index in [4.69, 9.17) is 4.74 Å². The number of hydrogen-bond donors (Lipinski definition) is 1. The van der Waals surface area contributed by atoms with Gasteiger partial charge in [-0.3, -0.25) is 4.79 Å². The van der Waals surface area contributed by atoms with Crippen LogP contribution < -0.4 is 15.0 Å². The summed E-state index contributed by atoms with van der Waals surface area (Å²) >= 11 is 0. The van der Waals surface area contributed by atoms with Crippen LogP contribution in [0.5, 0.6) is 5.88 Å². The van der Waals surface area contributed by atoms with E-state index in [-0.39, 0.29) is 12.5 Å². The third-order valence-electron chi connectivity index (χ3n) is 4.23. The topological polar surface area (TPSA) is 67.3 Å². The van der Waals surface area contributed by atoms with E-state index in [0.717, 1.165) is 42.9 Å². The molecular weight excluding hydrogens is 316 g/mol. The molecule has 0 atom stereocenters. The van der Waals surface area contributed by atoms with Gasteiger partial charge < -0.3 is 15.0 Å². The Morgan fingerprint density at radius 2 is 1.92 bits per heavy atom. The van der Waals surface area contributed by atoms with Crippen LogP contribution in [-0.2, 0) is 4.79 Å². The SMILES string of the molecule is Cc1cc(OCC(=O)Nc2ccccc2C)nc(N2CCCCC2)n1. The Labute approximate surface area is 148 Å². The first-order valence-electron chi connectivity index (χ1n) is 8.71. The van der Waals surface area contributed by atoms with E-state index in [9.17, 15) is 4.79 Å². The van der Waals surface area contributed by atoms with Crippen molar-refractivity contribution in [1.82, 2.24) is 9.97 Å². The Kier molecular flexibility index (Phi) is 5.48. The second-order valence-corrected chi connectivity index (χ2v) is 6.35. The molecule has 1 N–H and O–H groups in total. The number of piperidine rings is 1. The van der Waals surface area contributed by atoms with Gasteiger partial charge in [-0.25, -0.2) is 4.98 Å². The minimum Gasteiger partial charge on any atom is -0.467 e. The van der Waals surface area contributed by atoms with Crippen molar-refractivity contribution in [3.8, 4) is 5.88 Å². The molecule has 6 nitrogen and oxygen atoms in total. The minimum absolute atomic E-state index is 0.0791. The predicted molar refractivity (Wildman–Crippen MR) is 98.1 cm³/mol. The lowest BCUT2D eigenvalue weighted by atomic mass is 10.1. The van der Waals surface area contributed by atoms with Gasteiger partial charge in [-0.15, -0.1) is 0 Å². The maximum atomic E-state index is 12.1. The highest BCUT2D eigenvalue weighted by molar-refractivity contribution is 5.92. The standard InChI is InChI=1S/C19H24N4O2/c1-14-8-4-5-9-16(14)21-17(24)13-25-18-12-15(2)20-19(22-18)23-10-6-3-7-11-23/h4-5,8-9,12H,3,6-7,10-11,13H2,1-2H3,(H,21,24). The van der Waals surface area contributed by atoms with E-state index in [1.807, 2.05) is 38.1 Å². The molecule has 1 aliphatic rings. The Morgan fingerprint density at radius 1 is 1.16 bits per heavy atom. The maximum absolute atomic E-state index is 12.1. The highest BCUT2D eigenvalue weighted by atomic mass is 16.5. The number of nitrogens with zero attached hydrogens (tertiary/aromatic N) is 3. The predicted octanol–water partition coefficient (Wildman–Crippen LogP) is 3.10. The molecule has 1 saturated heterocycles. The number of rotatable bonds is 5. The van der Waals surface area contributed by atoms with Gasteiger partial charge in [0.25, 0.3) is 5.91 Å². The Bertz CT molecular complexity index is 742. The lowest BCUT2D eigenvalue weighted by Gasteiger charge is -2.26. The van der Waals surface area contributed by atoms with Crippen molar-refractivity contribution < 1.29 is 9.53 Å². The summed E-state index contributed by atoms with van der Waals surface area (Å²) in [5, 5.41) is 2.86. The van der Waals surface area contributed by atoms with Crippen LogP contribution in [0.2, 0.25) is 0 Å². The third-order valence-corrected chi connectivity index (χ3v) is 4.23. The monoisotopic (exact) mass is 340 g/mol. The molecule has 1 aliphatic heterocycles. The summed E-state index contributed by atoms with van der Waals surface area (Å²) in [6.45, 7) is 5.72. The molecule has 1 aromatic heterocycles. The first-order valence-corrected chi connectivity index (χ1v) is 8.71. The van der Waals surface area contributed by atoms with Crippen LogP contribution in [0.1, 0.15) is 30.5 Å². The fraction of sp³-hybridized carbons (Fsp3) is 0.421. The number of para-hydroxylation sites is 1. The van der Waals surface area contributed by atoms with E-state index in [2.05, 4.69) is 20.2 Å². The molecule has 2 heterocycles. The molecule has 2 aromatic rings. The van der Waals surface area contributed by atoms with Gasteiger partial charge in [0, 0.05) is 30.5 Å². The number of carbonyl (C=O) groups is 1. The zero-order valence-corrected chi connectivity index (χ0v) is 14.8. The molecule has 0 unspecified atom stereocenters. The summed E-state index contributed by atoms with van der Waals surface area (Å²) in [6, 6.07) is 9.41. The van der Waals surface area contributed by atoms with Gasteiger partial charge in [-0.2, -0.15) is 4.98 Å². The zero-order chi connectivity index (χ0) is 17.6. The lowest BCUT2D eigenvalue weighted by Crippen LogP contribution is -2.31. The van der Waals surface area contributed by atoms with Gasteiger partial charge >= 0.3 is 0 Å². The number of hydrogen-bond acceptors (Lipinski definition) is 5. The minimum atomic E-state index is -0.204. The van der Waals surface area contributed by atoms with Crippen LogP contribution in [0.3, 0.4) is 0 Å². The van der Waals surface area contributed by atoms with E-state index in [1.54, 1.807) is 6.07 Å². The molecule has 0 aliphatic carbocycles. The van der Waals surface area contributed by atoms with Crippen molar-refractivity contribution in [3.63, 3.8) is 0 Å². The summed E-state index contributed by atoms with van der Waals surface area (Å²) in [5.41, 5.74) is 2.65. The average molecular weight is 340 g/mol. The number of ether oxygens (including phenoxy) is 1. The summed E-state index contributed by atoms with van der Waals surface area (Å²) in [5.74, 6) is 0.923. The smallest absolute Gasteiger partial charge is 0.262 e. The van der Waals surface area contributed by atoms with Crippen molar-refractivity contribution in [3.05, 3.63) is 41.6 Å². The van der Waals surface area contributed by atoms with Gasteiger partial charge in [0.05, 0.1) is 0 Å². The molecule has 0 bridgehead atoms. The molecule has 0 saturated carbocycles. The van der Waals surface area contributed by atoms with Crippen LogP contribution >= 0.6 is 0 Å². The third kappa shape index (κ3) is 4.68. The van der Waals surface area contributed by atoms with Crippen molar-refractivity contribution >= 4 is 17.5 Å². The molecule has 6 heteroatoms. The van der Waals surface area contributed by atoms with E-state index in [1.165, 1.54) is 6.42 Å². The Hall–Kier alpha value is -2.63. The molecule has 1 fully saturated rings. The number of aryl methyl sites for hydroxylation is 2. The number of benzene rings is 1. The van der Waals surface area contributed by atoms with E-state index in [0.29, 0.717) is 11.8 Å². The molecule has 1 amide bonds. The quantitative estimate of drug-likeness (QED) is 0.906. The van der Waals surface area contributed by atoms with Crippen molar-refractivity contribution in [2.24, 2.45) is 0 Å². The number of anilines is 2. The first-order chi connectivity index (χ1) is 12.1. The largest absolute Gasteiger partial charge is 0.467 e. The van der Waals surface area contributed by atoms with Gasteiger partial charge in [-0.1, -0.05) is 18.2 Å². The fourth-order valence-corrected chi connectivity index (χ4v) is 2.87. The van der Waals surface area contributed by atoms with Gasteiger partial charge in [0.15, 0.2) is 6.61 Å². The molecule has 0 spiro atoms. The number of nitrogens with one attached hydrogen (secondary N) is 1. The number of aromatic nitrogens is 2. The Morgan fingerprint density at radius 3 is 2.68 bits per heavy atom. The van der Waals surface area contributed by atoms with Crippen LogP contribution in [0, 0.1) is 13.8 Å². The number of carbonyl (C=O) groups excluding carboxylic acids is 1. The molecule has 132 valence electrons. The van der Waals surface area contributed by atoms with Crippen molar-refractivity contribution in [2.45, 2.75) is 33.1 Å². The summed E-state index contributed by atoms with van der Waals surface area (Å²) < 4.78 is 5.60. The molecule has 3 rings (SSSR count). The summed E-state index contributed by atoms with van der Waals surface area (Å²) in [7, 11) is 0. The highest BCUT2D eigenvalue weighted by Gasteiger charge is 2.15. The molecule has 25 heavy (non-hydrogen) atoms. The summed E-state index contributed by atoms with van der Waals surface area (Å²) in [6.07, 6.45) is 3.57. The van der Waals surface area contributed by atoms with Gasteiger partial charge in [0.1, 0.15) is 0 Å². The normalized spacial score (nSPS) is 14.2. The van der Waals surface area contributed by atoms with E-state index < -0.39 is 0 Å². The highest BCUT2D eigenvalue weighted by Crippen LogP contribution is 2.19. The van der Waals surface area contributed by atoms with Gasteiger partial charge in [0.2, 0.25) is 11.8 Å². The second kappa shape index (κ2) is 7.96. The van der Waals surface area contributed by atoms with Crippen molar-refractivity contribution in [1.29, 1.82) is 0 Å². The summed E-state index contributed by atoms with van der Waals surface area (Å²) in [4.78, 5) is 23.3. The molecule has 0 radical (unpaired) electrons. The van der Waals surface area contributed by atoms with Crippen LogP contribution in [-0.4, -0.2) is 35.6 Å². The maximum Gasteiger partial charge on any atom is 0.262 e.